The minimum absolute atomic E-state index is 0.328. The number of fused-ring (bicyclic) bond motifs is 1. The van der Waals surface area contributed by atoms with E-state index in [-0.39, 0.29) is 0 Å². The Morgan fingerprint density at radius 3 is 2.74 bits per heavy atom. The standard InChI is InChI=1S/C16H12O2S/c1-10-5-6-12(16(17)18)9-14(10)13-4-2-3-11-7-8-19-15(11)13/h2-9H,1H3,(H,17,18). The summed E-state index contributed by atoms with van der Waals surface area (Å²) in [7, 11) is 0. The third-order valence-corrected chi connectivity index (χ3v) is 4.22. The highest BCUT2D eigenvalue weighted by Gasteiger charge is 2.10. The third kappa shape index (κ3) is 2.02. The molecule has 1 N–H and O–H groups in total. The summed E-state index contributed by atoms with van der Waals surface area (Å²) in [5.41, 5.74) is 3.51. The Kier molecular flexibility index (Phi) is 2.84. The molecule has 0 radical (unpaired) electrons. The van der Waals surface area contributed by atoms with E-state index < -0.39 is 5.97 Å². The van der Waals surface area contributed by atoms with Gasteiger partial charge in [-0.1, -0.05) is 24.3 Å². The van der Waals surface area contributed by atoms with Crippen molar-refractivity contribution >= 4 is 27.4 Å². The van der Waals surface area contributed by atoms with Crippen LogP contribution in [0.5, 0.6) is 0 Å². The summed E-state index contributed by atoms with van der Waals surface area (Å²) in [6.07, 6.45) is 0. The molecule has 0 amide bonds. The summed E-state index contributed by atoms with van der Waals surface area (Å²) in [4.78, 5) is 11.1. The van der Waals surface area contributed by atoms with Crippen molar-refractivity contribution in [1.29, 1.82) is 0 Å². The van der Waals surface area contributed by atoms with E-state index in [4.69, 9.17) is 5.11 Å². The molecule has 2 aromatic carbocycles. The maximum atomic E-state index is 11.1. The number of benzene rings is 2. The van der Waals surface area contributed by atoms with E-state index in [2.05, 4.69) is 17.5 Å². The van der Waals surface area contributed by atoms with E-state index in [0.717, 1.165) is 16.7 Å². The molecule has 0 bridgehead atoms. The average molecular weight is 268 g/mol. The van der Waals surface area contributed by atoms with Crippen LogP contribution in [0.3, 0.4) is 0 Å². The first-order chi connectivity index (χ1) is 9.16. The molecule has 0 unspecified atom stereocenters. The summed E-state index contributed by atoms with van der Waals surface area (Å²) < 4.78 is 1.20. The Bertz CT molecular complexity index is 771. The normalized spacial score (nSPS) is 10.8. The van der Waals surface area contributed by atoms with Gasteiger partial charge in [-0.3, -0.25) is 0 Å². The van der Waals surface area contributed by atoms with Crippen LogP contribution in [0.4, 0.5) is 0 Å². The largest absolute Gasteiger partial charge is 0.478 e. The molecule has 0 aliphatic rings. The second-order valence-electron chi connectivity index (χ2n) is 4.48. The molecule has 19 heavy (non-hydrogen) atoms. The molecule has 3 aromatic rings. The van der Waals surface area contributed by atoms with Gasteiger partial charge in [0.25, 0.3) is 0 Å². The highest BCUT2D eigenvalue weighted by molar-refractivity contribution is 7.17. The van der Waals surface area contributed by atoms with Gasteiger partial charge in [0.1, 0.15) is 0 Å². The lowest BCUT2D eigenvalue weighted by molar-refractivity contribution is 0.0697. The molecule has 3 rings (SSSR count). The molecule has 1 aromatic heterocycles. The minimum Gasteiger partial charge on any atom is -0.478 e. The van der Waals surface area contributed by atoms with E-state index in [1.807, 2.05) is 25.1 Å². The first-order valence-electron chi connectivity index (χ1n) is 5.97. The molecule has 0 saturated heterocycles. The van der Waals surface area contributed by atoms with Crippen LogP contribution in [0.2, 0.25) is 0 Å². The zero-order chi connectivity index (χ0) is 13.4. The third-order valence-electron chi connectivity index (χ3n) is 3.25. The quantitative estimate of drug-likeness (QED) is 0.739. The SMILES string of the molecule is Cc1ccc(C(=O)O)cc1-c1cccc2ccsc12. The fourth-order valence-corrected chi connectivity index (χ4v) is 3.18. The van der Waals surface area contributed by atoms with Gasteiger partial charge in [0.05, 0.1) is 5.56 Å². The van der Waals surface area contributed by atoms with Crippen LogP contribution in [0.15, 0.2) is 47.8 Å². The number of aromatic carboxylic acids is 1. The van der Waals surface area contributed by atoms with E-state index in [1.54, 1.807) is 23.5 Å². The lowest BCUT2D eigenvalue weighted by atomic mass is 9.97. The predicted molar refractivity (Wildman–Crippen MR) is 79.0 cm³/mol. The van der Waals surface area contributed by atoms with Crippen LogP contribution in [0, 0.1) is 6.92 Å². The number of hydrogen-bond donors (Lipinski definition) is 1. The van der Waals surface area contributed by atoms with Crippen molar-refractivity contribution in [3.05, 3.63) is 59.0 Å². The lowest BCUT2D eigenvalue weighted by Gasteiger charge is -2.08. The van der Waals surface area contributed by atoms with Gasteiger partial charge in [-0.15, -0.1) is 11.3 Å². The first-order valence-corrected chi connectivity index (χ1v) is 6.85. The highest BCUT2D eigenvalue weighted by atomic mass is 32.1. The zero-order valence-electron chi connectivity index (χ0n) is 10.4. The van der Waals surface area contributed by atoms with Gasteiger partial charge in [-0.25, -0.2) is 4.79 Å². The number of hydrogen-bond acceptors (Lipinski definition) is 2. The predicted octanol–water partition coefficient (Wildman–Crippen LogP) is 4.57. The minimum atomic E-state index is -0.889. The van der Waals surface area contributed by atoms with Crippen LogP contribution in [-0.4, -0.2) is 11.1 Å². The van der Waals surface area contributed by atoms with Crippen LogP contribution in [0.25, 0.3) is 21.2 Å². The summed E-state index contributed by atoms with van der Waals surface area (Å²) >= 11 is 1.68. The molecule has 0 saturated carbocycles. The smallest absolute Gasteiger partial charge is 0.335 e. The van der Waals surface area contributed by atoms with Gasteiger partial charge in [0, 0.05) is 4.70 Å². The van der Waals surface area contributed by atoms with Crippen molar-refractivity contribution in [3.63, 3.8) is 0 Å². The lowest BCUT2D eigenvalue weighted by Crippen LogP contribution is -1.97. The Morgan fingerprint density at radius 1 is 1.11 bits per heavy atom. The van der Waals surface area contributed by atoms with Crippen molar-refractivity contribution in [1.82, 2.24) is 0 Å². The van der Waals surface area contributed by atoms with E-state index >= 15 is 0 Å². The van der Waals surface area contributed by atoms with Crippen LogP contribution < -0.4 is 0 Å². The number of thiophene rings is 1. The monoisotopic (exact) mass is 268 g/mol. The molecule has 3 heteroatoms. The van der Waals surface area contributed by atoms with Gasteiger partial charge < -0.3 is 5.11 Å². The summed E-state index contributed by atoms with van der Waals surface area (Å²) in [5.74, 6) is -0.889. The number of carboxylic acid groups (broad SMARTS) is 1. The number of aryl methyl sites for hydroxylation is 1. The fourth-order valence-electron chi connectivity index (χ4n) is 2.25. The Morgan fingerprint density at radius 2 is 1.95 bits per heavy atom. The molecular weight excluding hydrogens is 256 g/mol. The maximum Gasteiger partial charge on any atom is 0.335 e. The topological polar surface area (TPSA) is 37.3 Å². The van der Waals surface area contributed by atoms with Crippen LogP contribution in [0.1, 0.15) is 15.9 Å². The van der Waals surface area contributed by atoms with Crippen molar-refractivity contribution in [2.75, 3.05) is 0 Å². The Labute approximate surface area is 114 Å². The van der Waals surface area contributed by atoms with Gasteiger partial charge in [0.2, 0.25) is 0 Å². The van der Waals surface area contributed by atoms with Crippen molar-refractivity contribution in [2.24, 2.45) is 0 Å². The van der Waals surface area contributed by atoms with Crippen molar-refractivity contribution in [2.45, 2.75) is 6.92 Å². The molecule has 0 atom stereocenters. The first kappa shape index (κ1) is 11.9. The molecule has 0 fully saturated rings. The number of carbonyl (C=O) groups is 1. The van der Waals surface area contributed by atoms with Crippen molar-refractivity contribution in [3.8, 4) is 11.1 Å². The van der Waals surface area contributed by atoms with Gasteiger partial charge >= 0.3 is 5.97 Å². The molecule has 2 nitrogen and oxygen atoms in total. The van der Waals surface area contributed by atoms with E-state index in [1.165, 1.54) is 10.1 Å². The molecule has 94 valence electrons. The van der Waals surface area contributed by atoms with E-state index in [0.29, 0.717) is 5.56 Å². The Hall–Kier alpha value is -2.13. The summed E-state index contributed by atoms with van der Waals surface area (Å²) in [6.45, 7) is 2.01. The number of rotatable bonds is 2. The van der Waals surface area contributed by atoms with E-state index in [9.17, 15) is 4.79 Å². The molecule has 1 heterocycles. The van der Waals surface area contributed by atoms with Crippen LogP contribution >= 0.6 is 11.3 Å². The van der Waals surface area contributed by atoms with Gasteiger partial charge in [0.15, 0.2) is 0 Å². The summed E-state index contributed by atoms with van der Waals surface area (Å²) in [5, 5.41) is 12.4. The molecule has 0 spiro atoms. The summed E-state index contributed by atoms with van der Waals surface area (Å²) in [6, 6.07) is 13.5. The van der Waals surface area contributed by atoms with Crippen LogP contribution in [-0.2, 0) is 0 Å². The van der Waals surface area contributed by atoms with Gasteiger partial charge in [-0.05, 0) is 52.6 Å². The second kappa shape index (κ2) is 4.52. The molecule has 0 aliphatic heterocycles. The fraction of sp³-hybridized carbons (Fsp3) is 0.0625. The van der Waals surface area contributed by atoms with Gasteiger partial charge in [-0.2, -0.15) is 0 Å². The zero-order valence-corrected chi connectivity index (χ0v) is 11.2. The number of carboxylic acids is 1. The molecular formula is C16H12O2S. The average Bonchev–Trinajstić information content (AvgIpc) is 2.87. The maximum absolute atomic E-state index is 11.1. The molecule has 0 aliphatic carbocycles. The van der Waals surface area contributed by atoms with Crippen molar-refractivity contribution < 1.29 is 9.90 Å². The highest BCUT2D eigenvalue weighted by Crippen LogP contribution is 2.34. The second-order valence-corrected chi connectivity index (χ2v) is 5.40. The Balaban J connectivity index is 2.29.